The van der Waals surface area contributed by atoms with Gasteiger partial charge in [0.25, 0.3) is 0 Å². The summed E-state index contributed by atoms with van der Waals surface area (Å²) in [5, 5.41) is 7.30. The van der Waals surface area contributed by atoms with E-state index in [1.807, 2.05) is 19.3 Å². The van der Waals surface area contributed by atoms with E-state index in [9.17, 15) is 4.79 Å². The minimum Gasteiger partial charge on any atom is -0.309 e. The number of hydrogen-bond donors (Lipinski definition) is 1. The van der Waals surface area contributed by atoms with Crippen molar-refractivity contribution in [3.63, 3.8) is 0 Å². The van der Waals surface area contributed by atoms with Gasteiger partial charge in [0, 0.05) is 30.6 Å². The van der Waals surface area contributed by atoms with Crippen molar-refractivity contribution in [2.24, 2.45) is 7.05 Å². The molecule has 0 aliphatic heterocycles. The molecule has 0 fully saturated rings. The fourth-order valence-electron chi connectivity index (χ4n) is 2.42. The van der Waals surface area contributed by atoms with Crippen molar-refractivity contribution < 1.29 is 4.79 Å². The van der Waals surface area contributed by atoms with Gasteiger partial charge in [0.15, 0.2) is 5.82 Å². The first-order valence-electron chi connectivity index (χ1n) is 7.42. The van der Waals surface area contributed by atoms with Crippen LogP contribution in [-0.4, -0.2) is 20.7 Å². The van der Waals surface area contributed by atoms with E-state index in [1.54, 1.807) is 23.1 Å². The van der Waals surface area contributed by atoms with Gasteiger partial charge in [0.2, 0.25) is 5.91 Å². The highest BCUT2D eigenvalue weighted by atomic mass is 35.5. The van der Waals surface area contributed by atoms with E-state index in [4.69, 9.17) is 11.6 Å². The minimum atomic E-state index is -0.119. The largest absolute Gasteiger partial charge is 0.309 e. The maximum Gasteiger partial charge on any atom is 0.229 e. The summed E-state index contributed by atoms with van der Waals surface area (Å²) in [4.78, 5) is 16.4. The fraction of sp³-hybridized carbons (Fsp3) is 0.235. The number of allylic oxidation sites excluding steroid dienone is 3. The normalized spacial score (nSPS) is 13.7. The number of nitrogens with zero attached hydrogens (tertiary/aromatic N) is 3. The van der Waals surface area contributed by atoms with Gasteiger partial charge in [-0.1, -0.05) is 29.8 Å². The molecule has 5 nitrogen and oxygen atoms in total. The number of nitrogens with one attached hydrogen (secondary N) is 1. The standard InChI is InChI=1S/C17H17ClN4O/c1-22-11-14(10-20-22)13-8-15(18)17(19-9-13)21-16(23)7-12-5-3-2-4-6-12/h3,5-6,8-11H,2,4,7H2,1H3,(H,19,21,23). The topological polar surface area (TPSA) is 59.8 Å². The molecule has 0 atom stereocenters. The van der Waals surface area contributed by atoms with Crippen LogP contribution in [0.3, 0.4) is 0 Å². The van der Waals surface area contributed by atoms with Crippen LogP contribution in [0.2, 0.25) is 5.02 Å². The fourth-order valence-corrected chi connectivity index (χ4v) is 2.63. The van der Waals surface area contributed by atoms with E-state index in [0.29, 0.717) is 17.3 Å². The molecule has 2 heterocycles. The number of anilines is 1. The van der Waals surface area contributed by atoms with E-state index in [1.165, 1.54) is 0 Å². The second-order valence-corrected chi connectivity index (χ2v) is 5.85. The molecule has 3 rings (SSSR count). The number of rotatable bonds is 4. The van der Waals surface area contributed by atoms with Gasteiger partial charge >= 0.3 is 0 Å². The quantitative estimate of drug-likeness (QED) is 0.930. The van der Waals surface area contributed by atoms with E-state index in [-0.39, 0.29) is 5.91 Å². The third-order valence-electron chi connectivity index (χ3n) is 3.57. The van der Waals surface area contributed by atoms with Crippen LogP contribution in [0, 0.1) is 0 Å². The molecule has 118 valence electrons. The van der Waals surface area contributed by atoms with Crippen LogP contribution in [0.25, 0.3) is 11.1 Å². The molecule has 1 N–H and O–H groups in total. The number of pyridine rings is 1. The first kappa shape index (κ1) is 15.5. The van der Waals surface area contributed by atoms with Crippen LogP contribution < -0.4 is 5.32 Å². The van der Waals surface area contributed by atoms with Crippen molar-refractivity contribution in [3.8, 4) is 11.1 Å². The lowest BCUT2D eigenvalue weighted by Gasteiger charge is -2.09. The summed E-state index contributed by atoms with van der Waals surface area (Å²) < 4.78 is 1.71. The molecular weight excluding hydrogens is 312 g/mol. The molecule has 0 saturated heterocycles. The van der Waals surface area contributed by atoms with Crippen molar-refractivity contribution in [1.82, 2.24) is 14.8 Å². The molecule has 2 aromatic heterocycles. The summed E-state index contributed by atoms with van der Waals surface area (Å²) >= 11 is 6.24. The Bertz CT molecular complexity index is 792. The highest BCUT2D eigenvalue weighted by molar-refractivity contribution is 6.33. The van der Waals surface area contributed by atoms with E-state index in [2.05, 4.69) is 27.6 Å². The molecule has 2 aromatic rings. The number of hydrogen-bond acceptors (Lipinski definition) is 3. The zero-order chi connectivity index (χ0) is 16.2. The Kier molecular flexibility index (Phi) is 4.57. The molecule has 0 spiro atoms. The van der Waals surface area contributed by atoms with Crippen LogP contribution in [0.4, 0.5) is 5.82 Å². The van der Waals surface area contributed by atoms with Gasteiger partial charge in [-0.3, -0.25) is 9.48 Å². The Balaban J connectivity index is 1.69. The molecule has 0 unspecified atom stereocenters. The maximum atomic E-state index is 12.1. The summed E-state index contributed by atoms with van der Waals surface area (Å²) in [6.45, 7) is 0. The van der Waals surface area contributed by atoms with Crippen LogP contribution in [0.15, 0.2) is 48.5 Å². The minimum absolute atomic E-state index is 0.119. The van der Waals surface area contributed by atoms with Crippen molar-refractivity contribution >= 4 is 23.3 Å². The van der Waals surface area contributed by atoms with Crippen LogP contribution in [0.1, 0.15) is 19.3 Å². The van der Waals surface area contributed by atoms with Crippen molar-refractivity contribution in [2.45, 2.75) is 19.3 Å². The molecule has 1 amide bonds. The summed E-state index contributed by atoms with van der Waals surface area (Å²) in [5.74, 6) is 0.260. The number of carbonyl (C=O) groups is 1. The Morgan fingerprint density at radius 3 is 2.87 bits per heavy atom. The molecule has 1 aliphatic rings. The van der Waals surface area contributed by atoms with Gasteiger partial charge in [-0.05, 0) is 24.5 Å². The lowest BCUT2D eigenvalue weighted by molar-refractivity contribution is -0.115. The third kappa shape index (κ3) is 3.87. The Morgan fingerprint density at radius 2 is 2.22 bits per heavy atom. The summed E-state index contributed by atoms with van der Waals surface area (Å²) in [5.41, 5.74) is 2.81. The van der Waals surface area contributed by atoms with E-state index < -0.39 is 0 Å². The molecule has 1 aliphatic carbocycles. The maximum absolute atomic E-state index is 12.1. The number of amides is 1. The van der Waals surface area contributed by atoms with E-state index >= 15 is 0 Å². The Labute approximate surface area is 139 Å². The van der Waals surface area contributed by atoms with Gasteiger partial charge < -0.3 is 5.32 Å². The number of carbonyl (C=O) groups excluding carboxylic acids is 1. The molecule has 0 radical (unpaired) electrons. The average molecular weight is 329 g/mol. The molecule has 0 aromatic carbocycles. The molecule has 0 bridgehead atoms. The monoisotopic (exact) mass is 328 g/mol. The predicted octanol–water partition coefficient (Wildman–Crippen LogP) is 3.74. The van der Waals surface area contributed by atoms with Gasteiger partial charge in [-0.25, -0.2) is 4.98 Å². The van der Waals surface area contributed by atoms with Crippen LogP contribution in [-0.2, 0) is 11.8 Å². The molecule has 0 saturated carbocycles. The van der Waals surface area contributed by atoms with Gasteiger partial charge in [-0.15, -0.1) is 0 Å². The molecular formula is C17H17ClN4O. The molecule has 6 heteroatoms. The van der Waals surface area contributed by atoms with Gasteiger partial charge in [0.05, 0.1) is 17.6 Å². The van der Waals surface area contributed by atoms with Crippen molar-refractivity contribution in [1.29, 1.82) is 0 Å². The smallest absolute Gasteiger partial charge is 0.229 e. The number of aromatic nitrogens is 3. The number of aryl methyl sites for hydroxylation is 1. The second kappa shape index (κ2) is 6.79. The Hall–Kier alpha value is -2.40. The predicted molar refractivity (Wildman–Crippen MR) is 91.2 cm³/mol. The van der Waals surface area contributed by atoms with Gasteiger partial charge in [0.1, 0.15) is 0 Å². The Morgan fingerprint density at radius 1 is 1.35 bits per heavy atom. The zero-order valence-electron chi connectivity index (χ0n) is 12.8. The first-order chi connectivity index (χ1) is 11.1. The zero-order valence-corrected chi connectivity index (χ0v) is 13.5. The summed E-state index contributed by atoms with van der Waals surface area (Å²) in [6, 6.07) is 1.78. The van der Waals surface area contributed by atoms with Crippen molar-refractivity contribution in [3.05, 3.63) is 53.5 Å². The van der Waals surface area contributed by atoms with Crippen molar-refractivity contribution in [2.75, 3.05) is 5.32 Å². The average Bonchev–Trinajstić information content (AvgIpc) is 2.97. The first-order valence-corrected chi connectivity index (χ1v) is 7.79. The van der Waals surface area contributed by atoms with Gasteiger partial charge in [-0.2, -0.15) is 5.10 Å². The number of halogens is 1. The third-order valence-corrected chi connectivity index (χ3v) is 3.86. The molecule has 23 heavy (non-hydrogen) atoms. The van der Waals surface area contributed by atoms with E-state index in [0.717, 1.165) is 29.5 Å². The summed E-state index contributed by atoms with van der Waals surface area (Å²) in [6.07, 6.45) is 13.8. The highest BCUT2D eigenvalue weighted by Gasteiger charge is 2.11. The second-order valence-electron chi connectivity index (χ2n) is 5.44. The summed E-state index contributed by atoms with van der Waals surface area (Å²) in [7, 11) is 1.85. The SMILES string of the molecule is Cn1cc(-c2cnc(NC(=O)CC3=CCCC=C3)c(Cl)c2)cn1. The highest BCUT2D eigenvalue weighted by Crippen LogP contribution is 2.26. The lowest BCUT2D eigenvalue weighted by atomic mass is 10.0. The van der Waals surface area contributed by atoms with Crippen LogP contribution in [0.5, 0.6) is 0 Å². The van der Waals surface area contributed by atoms with Crippen LogP contribution >= 0.6 is 11.6 Å². The lowest BCUT2D eigenvalue weighted by Crippen LogP contribution is -2.13.